The number of nitrogens with one attached hydrogen (secondary N) is 1. The van der Waals surface area contributed by atoms with Crippen molar-refractivity contribution < 1.29 is 19.4 Å². The molecule has 5 nitrogen and oxygen atoms in total. The summed E-state index contributed by atoms with van der Waals surface area (Å²) in [4.78, 5) is 22.7. The van der Waals surface area contributed by atoms with Crippen molar-refractivity contribution in [2.75, 3.05) is 12.4 Å². The summed E-state index contributed by atoms with van der Waals surface area (Å²) in [5.41, 5.74) is 0.644. The standard InChI is InChI=1S/C14H17NO4/c1-19-12-8-10(5-6-11(12)14(17)18)15-13(16)7-9-3-2-4-9/h5-6,8-9H,2-4,7H2,1H3,(H,15,16)(H,17,18). The largest absolute Gasteiger partial charge is 0.496 e. The van der Waals surface area contributed by atoms with Crippen molar-refractivity contribution >= 4 is 17.6 Å². The second-order valence-corrected chi connectivity index (χ2v) is 4.77. The molecule has 0 spiro atoms. The number of rotatable bonds is 5. The van der Waals surface area contributed by atoms with E-state index in [0.717, 1.165) is 12.8 Å². The number of hydrogen-bond donors (Lipinski definition) is 2. The minimum atomic E-state index is -1.05. The van der Waals surface area contributed by atoms with Gasteiger partial charge in [0.05, 0.1) is 7.11 Å². The van der Waals surface area contributed by atoms with Crippen molar-refractivity contribution in [2.45, 2.75) is 25.7 Å². The average Bonchev–Trinajstić information content (AvgIpc) is 2.33. The quantitative estimate of drug-likeness (QED) is 0.855. The number of anilines is 1. The Morgan fingerprint density at radius 2 is 2.16 bits per heavy atom. The first-order valence-corrected chi connectivity index (χ1v) is 6.31. The van der Waals surface area contributed by atoms with E-state index in [1.807, 2.05) is 0 Å². The van der Waals surface area contributed by atoms with Crippen LogP contribution in [0.3, 0.4) is 0 Å². The Kier molecular flexibility index (Phi) is 4.04. The summed E-state index contributed by atoms with van der Waals surface area (Å²) < 4.78 is 5.01. The van der Waals surface area contributed by atoms with Crippen molar-refractivity contribution in [1.82, 2.24) is 0 Å². The third-order valence-corrected chi connectivity index (χ3v) is 3.41. The number of carboxylic acid groups (broad SMARTS) is 1. The molecule has 0 heterocycles. The molecule has 0 bridgehead atoms. The fourth-order valence-electron chi connectivity index (χ4n) is 2.12. The zero-order valence-corrected chi connectivity index (χ0v) is 10.8. The van der Waals surface area contributed by atoms with E-state index in [4.69, 9.17) is 9.84 Å². The molecule has 102 valence electrons. The van der Waals surface area contributed by atoms with Gasteiger partial charge < -0.3 is 15.2 Å². The minimum Gasteiger partial charge on any atom is -0.496 e. The Balaban J connectivity index is 2.03. The number of carbonyl (C=O) groups excluding carboxylic acids is 1. The lowest BCUT2D eigenvalue weighted by Crippen LogP contribution is -2.20. The Hall–Kier alpha value is -2.04. The number of carboxylic acids is 1. The highest BCUT2D eigenvalue weighted by Gasteiger charge is 2.21. The van der Waals surface area contributed by atoms with Crippen LogP contribution in [0.4, 0.5) is 5.69 Å². The monoisotopic (exact) mass is 263 g/mol. The van der Waals surface area contributed by atoms with Gasteiger partial charge in [-0.1, -0.05) is 6.42 Å². The summed E-state index contributed by atoms with van der Waals surface area (Å²) in [6, 6.07) is 4.53. The molecule has 1 saturated carbocycles. The highest BCUT2D eigenvalue weighted by molar-refractivity contribution is 5.94. The van der Waals surface area contributed by atoms with Gasteiger partial charge in [0.2, 0.25) is 5.91 Å². The molecule has 1 fully saturated rings. The Labute approximate surface area is 111 Å². The van der Waals surface area contributed by atoms with Crippen molar-refractivity contribution in [2.24, 2.45) is 5.92 Å². The second-order valence-electron chi connectivity index (χ2n) is 4.77. The summed E-state index contributed by atoms with van der Waals surface area (Å²) in [6.45, 7) is 0. The smallest absolute Gasteiger partial charge is 0.339 e. The number of carbonyl (C=O) groups is 2. The number of aromatic carboxylic acids is 1. The molecule has 5 heteroatoms. The summed E-state index contributed by atoms with van der Waals surface area (Å²) in [5, 5.41) is 11.7. The molecule has 0 atom stereocenters. The number of ether oxygens (including phenoxy) is 1. The number of amides is 1. The Morgan fingerprint density at radius 3 is 2.68 bits per heavy atom. The highest BCUT2D eigenvalue weighted by atomic mass is 16.5. The fraction of sp³-hybridized carbons (Fsp3) is 0.429. The molecule has 2 N–H and O–H groups in total. The Bertz CT molecular complexity index is 494. The summed E-state index contributed by atoms with van der Waals surface area (Å²) in [5.74, 6) is -0.340. The first-order valence-electron chi connectivity index (χ1n) is 6.31. The van der Waals surface area contributed by atoms with Crippen molar-refractivity contribution in [3.8, 4) is 5.75 Å². The SMILES string of the molecule is COc1cc(NC(=O)CC2CCC2)ccc1C(=O)O. The third-order valence-electron chi connectivity index (χ3n) is 3.41. The maximum atomic E-state index is 11.8. The van der Waals surface area contributed by atoms with E-state index in [0.29, 0.717) is 18.0 Å². The van der Waals surface area contributed by atoms with Crippen LogP contribution in [0.5, 0.6) is 5.75 Å². The van der Waals surface area contributed by atoms with Gasteiger partial charge in [0.25, 0.3) is 0 Å². The van der Waals surface area contributed by atoms with Crippen LogP contribution in [0.1, 0.15) is 36.0 Å². The number of methoxy groups -OCH3 is 1. The molecule has 2 rings (SSSR count). The van der Waals surface area contributed by atoms with Crippen molar-refractivity contribution in [3.05, 3.63) is 23.8 Å². The Morgan fingerprint density at radius 1 is 1.42 bits per heavy atom. The molecule has 1 aromatic rings. The van der Waals surface area contributed by atoms with E-state index in [1.165, 1.54) is 25.7 Å². The van der Waals surface area contributed by atoms with Crippen LogP contribution in [-0.2, 0) is 4.79 Å². The number of benzene rings is 1. The molecule has 1 amide bonds. The summed E-state index contributed by atoms with van der Waals surface area (Å²) in [6.07, 6.45) is 3.98. The molecule has 0 saturated heterocycles. The second kappa shape index (κ2) is 5.73. The van der Waals surface area contributed by atoms with Gasteiger partial charge in [0.1, 0.15) is 11.3 Å². The zero-order valence-electron chi connectivity index (χ0n) is 10.8. The van der Waals surface area contributed by atoms with Crippen LogP contribution < -0.4 is 10.1 Å². The molecule has 0 radical (unpaired) electrons. The zero-order chi connectivity index (χ0) is 13.8. The lowest BCUT2D eigenvalue weighted by atomic mass is 9.83. The third kappa shape index (κ3) is 3.24. The van der Waals surface area contributed by atoms with Gasteiger partial charge in [-0.05, 0) is 30.9 Å². The molecule has 1 aliphatic rings. The number of hydrogen-bond acceptors (Lipinski definition) is 3. The van der Waals surface area contributed by atoms with E-state index in [2.05, 4.69) is 5.32 Å². The van der Waals surface area contributed by atoms with Gasteiger partial charge in [-0.25, -0.2) is 4.79 Å². The van der Waals surface area contributed by atoms with Crippen LogP contribution in [0.2, 0.25) is 0 Å². The van der Waals surface area contributed by atoms with E-state index >= 15 is 0 Å². The first-order chi connectivity index (χ1) is 9.10. The lowest BCUT2D eigenvalue weighted by molar-refractivity contribution is -0.117. The van der Waals surface area contributed by atoms with E-state index < -0.39 is 5.97 Å². The van der Waals surface area contributed by atoms with Crippen LogP contribution in [0.15, 0.2) is 18.2 Å². The van der Waals surface area contributed by atoms with Crippen LogP contribution in [0, 0.1) is 5.92 Å². The molecule has 1 aliphatic carbocycles. The van der Waals surface area contributed by atoms with Crippen LogP contribution in [0.25, 0.3) is 0 Å². The predicted molar refractivity (Wildman–Crippen MR) is 70.5 cm³/mol. The van der Waals surface area contributed by atoms with Gasteiger partial charge >= 0.3 is 5.97 Å². The molecular formula is C14H17NO4. The molecule has 19 heavy (non-hydrogen) atoms. The molecule has 1 aromatic carbocycles. The first kappa shape index (κ1) is 13.4. The van der Waals surface area contributed by atoms with E-state index in [1.54, 1.807) is 6.07 Å². The topological polar surface area (TPSA) is 75.6 Å². The maximum absolute atomic E-state index is 11.8. The van der Waals surface area contributed by atoms with Gasteiger partial charge in [0, 0.05) is 18.2 Å². The highest BCUT2D eigenvalue weighted by Crippen LogP contribution is 2.30. The molecule has 0 unspecified atom stereocenters. The lowest BCUT2D eigenvalue weighted by Gasteiger charge is -2.24. The fourth-order valence-corrected chi connectivity index (χ4v) is 2.12. The summed E-state index contributed by atoms with van der Waals surface area (Å²) >= 11 is 0. The molecule has 0 aliphatic heterocycles. The van der Waals surface area contributed by atoms with Crippen molar-refractivity contribution in [1.29, 1.82) is 0 Å². The van der Waals surface area contributed by atoms with Gasteiger partial charge in [0.15, 0.2) is 0 Å². The van der Waals surface area contributed by atoms with Gasteiger partial charge in [-0.15, -0.1) is 0 Å². The van der Waals surface area contributed by atoms with E-state index in [-0.39, 0.29) is 17.2 Å². The van der Waals surface area contributed by atoms with Crippen molar-refractivity contribution in [3.63, 3.8) is 0 Å². The normalized spacial score (nSPS) is 14.6. The van der Waals surface area contributed by atoms with Crippen LogP contribution in [-0.4, -0.2) is 24.1 Å². The average molecular weight is 263 g/mol. The van der Waals surface area contributed by atoms with Crippen LogP contribution >= 0.6 is 0 Å². The summed E-state index contributed by atoms with van der Waals surface area (Å²) in [7, 11) is 1.40. The van der Waals surface area contributed by atoms with E-state index in [9.17, 15) is 9.59 Å². The van der Waals surface area contributed by atoms with Gasteiger partial charge in [-0.3, -0.25) is 4.79 Å². The molecule has 0 aromatic heterocycles. The minimum absolute atomic E-state index is 0.0326. The maximum Gasteiger partial charge on any atom is 0.339 e. The van der Waals surface area contributed by atoms with Gasteiger partial charge in [-0.2, -0.15) is 0 Å². The molecular weight excluding hydrogens is 246 g/mol. The predicted octanol–water partition coefficient (Wildman–Crippen LogP) is 2.52.